The molecule has 0 aromatic heterocycles. The number of halogens is 12. The maximum absolute atomic E-state index is 10.7. The summed E-state index contributed by atoms with van der Waals surface area (Å²) in [5.74, 6) is 9.77. The van der Waals surface area contributed by atoms with Crippen molar-refractivity contribution in [3.63, 3.8) is 0 Å². The van der Waals surface area contributed by atoms with Crippen molar-refractivity contribution in [1.82, 2.24) is 0 Å². The Morgan fingerprint density at radius 3 is 0.351 bits per heavy atom. The van der Waals surface area contributed by atoms with Crippen LogP contribution in [0.4, 0.5) is 50.4 Å². The van der Waals surface area contributed by atoms with E-state index >= 15 is 0 Å². The Bertz CT molecular complexity index is 5710. The first kappa shape index (κ1) is 140. The van der Waals surface area contributed by atoms with Gasteiger partial charge in [-0.05, 0) is 174 Å². The molecule has 0 heterocycles. The van der Waals surface area contributed by atoms with Gasteiger partial charge in [-0.1, -0.05) is 340 Å². The zero-order valence-electron chi connectivity index (χ0n) is 81.1. The van der Waals surface area contributed by atoms with Crippen molar-refractivity contribution >= 4 is 159 Å². The fraction of sp³-hybridized carbons (Fsp3) is 0.0678. The summed E-state index contributed by atoms with van der Waals surface area (Å²) in [7, 11) is -29.2. The standard InChI is InChI=1S/2C37H31P3.4C8H5.4C3H6O.6Cu.2F6P/c2*1-7-19-31(20-8-1)38(32-21-9-2-10-22-32)37(39(33-23-11-3-12-24-33)34-25-13-4-14-26-34)40(35-27-15-5-16-28-35)36-29-17-6-18-30-36;4*1-2-8-6-4-3-5-7-8;4*1-3(2)4;;;;;;;2*1-7(2,3,4,5)6/h2*1-30,38H;4*3-7H;4*1-2H3;;;;;;;;/q;;4*-1;;;;;4*+1;2*+2;2*-1/p+4. The number of ketones is 4. The van der Waals surface area contributed by atoms with Crippen LogP contribution in [0.2, 0.25) is 0 Å². The number of carbonyl (C=O) groups excluding carboxylic acids is 4. The van der Waals surface area contributed by atoms with Gasteiger partial charge < -0.3 is 44.9 Å². The van der Waals surface area contributed by atoms with Crippen molar-refractivity contribution in [2.45, 2.75) is 55.4 Å². The van der Waals surface area contributed by atoms with E-state index in [1.54, 1.807) is 9.55 Å². The van der Waals surface area contributed by atoms with E-state index in [-0.39, 0.29) is 126 Å². The molecule has 0 fully saturated rings. The Morgan fingerprint density at radius 1 is 0.189 bits per heavy atom. The smallest absolute Gasteiger partial charge is 0.366 e. The summed E-state index contributed by atoms with van der Waals surface area (Å²) in [5.41, 5.74) is 3.31. The maximum atomic E-state index is 9.87. The van der Waals surface area contributed by atoms with Crippen molar-refractivity contribution < 1.29 is 172 Å². The molecule has 16 aromatic carbocycles. The van der Waals surface area contributed by atoms with Crippen molar-refractivity contribution in [3.05, 3.63) is 533 Å². The van der Waals surface area contributed by atoms with Gasteiger partial charge in [-0.2, -0.15) is 0 Å². The number of hydrogen-bond donors (Lipinski definition) is 0. The first-order valence-electron chi connectivity index (χ1n) is 43.9. The van der Waals surface area contributed by atoms with E-state index < -0.39 is 62.4 Å². The predicted octanol–water partition coefficient (Wildman–Crippen LogP) is 29.0. The van der Waals surface area contributed by atoms with Crippen LogP contribution in [0.5, 0.6) is 0 Å². The second-order valence-corrected chi connectivity index (χ2v) is 52.2. The average Bonchev–Trinajstić information content (AvgIpc) is 0.753. The Kier molecular flexibility index (Phi) is 67.7. The fourth-order valence-corrected chi connectivity index (χ4v) is 41.0. The molecule has 16 aromatic rings. The zero-order chi connectivity index (χ0) is 104. The van der Waals surface area contributed by atoms with E-state index in [0.717, 1.165) is 22.3 Å². The molecule has 30 heteroatoms. The number of benzene rings is 16. The summed E-state index contributed by atoms with van der Waals surface area (Å²) in [6.07, 6.45) is 26.8. The van der Waals surface area contributed by atoms with E-state index in [2.05, 4.69) is 388 Å². The molecule has 148 heavy (non-hydrogen) atoms. The van der Waals surface area contributed by atoms with Crippen LogP contribution in [0.15, 0.2) is 485 Å². The average molecular weight is 2450 g/mol. The molecule has 0 unspecified atom stereocenters. The zero-order valence-corrected chi connectivity index (χ0v) is 94.5. The monoisotopic (exact) mass is 2440 g/mol. The second-order valence-electron chi connectivity index (χ2n) is 30.9. The van der Waals surface area contributed by atoms with Gasteiger partial charge in [0.25, 0.3) is 0 Å². The minimum atomic E-state index is -10.7. The van der Waals surface area contributed by atoms with E-state index in [0.29, 0.717) is 0 Å². The summed E-state index contributed by atoms with van der Waals surface area (Å²) >= 11 is 0. The molecule has 0 atom stereocenters. The Balaban J connectivity index is 0. The van der Waals surface area contributed by atoms with Gasteiger partial charge in [-0.3, -0.25) is 23.7 Å². The number of carbonyl (C=O) groups is 4. The van der Waals surface area contributed by atoms with E-state index in [4.69, 9.17) is 25.7 Å². The van der Waals surface area contributed by atoms with Gasteiger partial charge in [0.15, 0.2) is 0 Å². The molecule has 0 bridgehead atoms. The Labute approximate surface area is 934 Å². The van der Waals surface area contributed by atoms with Crippen molar-refractivity contribution in [2.24, 2.45) is 0 Å². The van der Waals surface area contributed by atoms with Crippen LogP contribution >= 0.6 is 62.4 Å². The summed E-state index contributed by atoms with van der Waals surface area (Å²) < 4.78 is 122. The van der Waals surface area contributed by atoms with E-state index in [1.807, 2.05) is 121 Å². The molecule has 0 amide bonds. The van der Waals surface area contributed by atoms with Crippen LogP contribution in [0, 0.1) is 49.4 Å². The van der Waals surface area contributed by atoms with Gasteiger partial charge in [0.1, 0.15) is 97.3 Å². The molecule has 0 aliphatic carbocycles. The van der Waals surface area contributed by atoms with Crippen molar-refractivity contribution in [2.75, 3.05) is 0 Å². The minimum Gasteiger partial charge on any atom is -0.366 e. The third-order valence-electron chi connectivity index (χ3n) is 17.9. The van der Waals surface area contributed by atoms with Gasteiger partial charge in [-0.15, -0.1) is 70.8 Å². The van der Waals surface area contributed by atoms with Crippen LogP contribution < -0.4 is 63.7 Å². The molecule has 0 spiro atoms. The molecule has 0 saturated carbocycles. The third-order valence-corrected chi connectivity index (χ3v) is 40.9. The molecule has 790 valence electrons. The van der Waals surface area contributed by atoms with E-state index in [1.165, 1.54) is 119 Å². The number of rotatable bonds is 16. The molecule has 16 rings (SSSR count). The Morgan fingerprint density at radius 2 is 0.270 bits per heavy atom. The van der Waals surface area contributed by atoms with E-state index in [9.17, 15) is 69.5 Å². The van der Waals surface area contributed by atoms with Crippen molar-refractivity contribution in [3.8, 4) is 23.7 Å². The largest absolute Gasteiger partial charge is 2.00 e. The molecular weight excluding hydrogens is 2340 g/mol. The molecule has 0 aliphatic rings. The van der Waals surface area contributed by atoms with Gasteiger partial charge >= 0.3 is 168 Å². The van der Waals surface area contributed by atoms with Crippen LogP contribution in [0.25, 0.3) is 0 Å². The van der Waals surface area contributed by atoms with Crippen LogP contribution in [0.3, 0.4) is 0 Å². The topological polar surface area (TPSA) is 68.3 Å². The molecule has 4 nitrogen and oxygen atoms in total. The molecular formula is C118H110Cu6F12O4P8+6. The van der Waals surface area contributed by atoms with Gasteiger partial charge in [-0.25, -0.2) is 0 Å². The van der Waals surface area contributed by atoms with Gasteiger partial charge in [0, 0.05) is 15.1 Å². The molecule has 2 radical (unpaired) electrons. The van der Waals surface area contributed by atoms with Gasteiger partial charge in [0.2, 0.25) is 9.55 Å². The minimum absolute atomic E-state index is 0. The summed E-state index contributed by atoms with van der Waals surface area (Å²) in [6, 6.07) is 173. The molecule has 0 N–H and O–H groups in total. The summed E-state index contributed by atoms with van der Waals surface area (Å²) in [5, 5.41) is 17.5. The number of hydrogen-bond acceptors (Lipinski definition) is 4. The fourth-order valence-electron chi connectivity index (χ4n) is 12.8. The van der Waals surface area contributed by atoms with Crippen molar-refractivity contribution in [1.29, 1.82) is 0 Å². The molecule has 0 aliphatic heterocycles. The molecule has 0 saturated heterocycles. The number of Topliss-reactive ketones (excluding diaryl/α,β-unsaturated/α-hetero) is 4. The predicted molar refractivity (Wildman–Crippen MR) is 596 cm³/mol. The second kappa shape index (κ2) is 71.6. The van der Waals surface area contributed by atoms with Crippen LogP contribution in [0.1, 0.15) is 77.6 Å². The SMILES string of the molecule is CC(C)=O.CC(C)=O.CC(C)=O.CC(C)=O.F[P-](F)(F)(F)(F)F.F[P-](F)(F)(F)(F)F.[C-]#Cc1ccccc1.[C-]#Cc1ccccc1.[C-]#Cc1ccccc1.[C-]#Cc1ccccc1.[Cu+2].[Cu+2].[Cu+].[Cu+].[Cu+].[Cu+].c1ccc([PH](=C([PH+](c2ccccc2)c2ccccc2)[PH+](c2ccccc2)c2ccccc2)c2ccccc2)cc1.c1ccc([PH](=C([PH+](c2ccccc2)c2ccccc2)[PH+](c2ccccc2)c2ccccc2)c2ccccc2)cc1. The van der Waals surface area contributed by atoms with Crippen LogP contribution in [-0.4, -0.2) is 32.7 Å². The van der Waals surface area contributed by atoms with Gasteiger partial charge in [0.05, 0.1) is 0 Å². The quantitative estimate of drug-likeness (QED) is 0.0318. The first-order chi connectivity index (χ1) is 67.4. The summed E-state index contributed by atoms with van der Waals surface area (Å²) in [4.78, 5) is 37.8. The normalized spacial score (nSPS) is 10.6. The third kappa shape index (κ3) is 63.1. The first-order valence-corrected chi connectivity index (χ1v) is 57.0. The Hall–Kier alpha value is -10.1. The maximum Gasteiger partial charge on any atom is 2.00 e. The summed E-state index contributed by atoms with van der Waals surface area (Å²) in [6.45, 7) is 12.2. The van der Waals surface area contributed by atoms with Crippen LogP contribution in [-0.2, 0) is 122 Å².